The number of hydrogen-bond donors (Lipinski definition) is 3. The van der Waals surface area contributed by atoms with E-state index in [-0.39, 0.29) is 6.61 Å². The zero-order valence-corrected chi connectivity index (χ0v) is 10.1. The van der Waals surface area contributed by atoms with E-state index >= 15 is 0 Å². The van der Waals surface area contributed by atoms with Gasteiger partial charge in [-0.05, 0) is 12.1 Å². The Kier molecular flexibility index (Phi) is 4.42. The van der Waals surface area contributed by atoms with Crippen LogP contribution in [-0.4, -0.2) is 52.1 Å². The molecule has 5 heteroatoms. The van der Waals surface area contributed by atoms with Crippen molar-refractivity contribution in [2.24, 2.45) is 0 Å². The third kappa shape index (κ3) is 3.00. The third-order valence-corrected chi connectivity index (χ3v) is 3.90. The number of benzene rings is 1. The summed E-state index contributed by atoms with van der Waals surface area (Å²) in [6.07, 6.45) is -3.04. The number of aliphatic hydroxyl groups is 3. The summed E-state index contributed by atoms with van der Waals surface area (Å²) in [5, 5.41) is 28.3. The van der Waals surface area contributed by atoms with Crippen LogP contribution in [0.2, 0.25) is 0 Å². The molecular formula is C12H16O4S. The Bertz CT molecular complexity index is 346. The molecule has 1 aliphatic heterocycles. The first kappa shape index (κ1) is 12.9. The van der Waals surface area contributed by atoms with Crippen molar-refractivity contribution >= 4 is 11.8 Å². The highest BCUT2D eigenvalue weighted by Gasteiger charge is 2.41. The quantitative estimate of drug-likeness (QED) is 0.674. The molecule has 1 fully saturated rings. The number of hydrogen-bond acceptors (Lipinski definition) is 5. The fourth-order valence-electron chi connectivity index (χ4n) is 1.81. The second-order valence-electron chi connectivity index (χ2n) is 4.00. The van der Waals surface area contributed by atoms with E-state index in [1.807, 2.05) is 30.3 Å². The third-order valence-electron chi connectivity index (χ3n) is 2.80. The summed E-state index contributed by atoms with van der Waals surface area (Å²) < 4.78 is 5.39. The molecule has 17 heavy (non-hydrogen) atoms. The molecule has 0 aromatic heterocycles. The standard InChI is InChI=1S/C12H16O4S/c13-6-9-11(14)12(15)10(16-9)7-17-8-4-2-1-3-5-8/h1-5,9-15H,6-7H2/t9-,10-,11-,12-/m1/s1. The van der Waals surface area contributed by atoms with Gasteiger partial charge in [-0.3, -0.25) is 0 Å². The summed E-state index contributed by atoms with van der Waals surface area (Å²) in [6.45, 7) is -0.273. The molecule has 1 aromatic carbocycles. The van der Waals surface area contributed by atoms with Crippen LogP contribution in [-0.2, 0) is 4.74 Å². The van der Waals surface area contributed by atoms with Gasteiger partial charge in [-0.15, -0.1) is 11.8 Å². The summed E-state index contributed by atoms with van der Waals surface area (Å²) in [4.78, 5) is 1.09. The zero-order valence-electron chi connectivity index (χ0n) is 9.27. The average Bonchev–Trinajstić information content (AvgIpc) is 2.65. The van der Waals surface area contributed by atoms with Crippen molar-refractivity contribution in [2.75, 3.05) is 12.4 Å². The molecule has 0 radical (unpaired) electrons. The lowest BCUT2D eigenvalue weighted by atomic mass is 10.1. The maximum absolute atomic E-state index is 9.74. The van der Waals surface area contributed by atoms with Crippen molar-refractivity contribution in [3.05, 3.63) is 30.3 Å². The van der Waals surface area contributed by atoms with Crippen LogP contribution in [0.4, 0.5) is 0 Å². The van der Waals surface area contributed by atoms with Crippen molar-refractivity contribution in [3.63, 3.8) is 0 Å². The SMILES string of the molecule is OC[C@H]1O[C@H](CSc2ccccc2)[C@@H](O)[C@@H]1O. The lowest BCUT2D eigenvalue weighted by Crippen LogP contribution is -2.34. The van der Waals surface area contributed by atoms with Gasteiger partial charge in [0.05, 0.1) is 12.7 Å². The van der Waals surface area contributed by atoms with Gasteiger partial charge in [-0.25, -0.2) is 0 Å². The predicted octanol–water partition coefficient (Wildman–Crippen LogP) is 0.260. The van der Waals surface area contributed by atoms with Gasteiger partial charge in [0.1, 0.15) is 18.3 Å². The highest BCUT2D eigenvalue weighted by molar-refractivity contribution is 7.99. The molecule has 4 nitrogen and oxygen atoms in total. The molecule has 2 rings (SSSR count). The molecule has 0 amide bonds. The second kappa shape index (κ2) is 5.84. The highest BCUT2D eigenvalue weighted by Crippen LogP contribution is 2.27. The Hall–Kier alpha value is -0.590. The van der Waals surface area contributed by atoms with Crippen LogP contribution < -0.4 is 0 Å². The maximum atomic E-state index is 9.74. The minimum absolute atomic E-state index is 0.273. The van der Waals surface area contributed by atoms with E-state index in [1.54, 1.807) is 11.8 Å². The van der Waals surface area contributed by atoms with Gasteiger partial charge >= 0.3 is 0 Å². The lowest BCUT2D eigenvalue weighted by molar-refractivity contribution is -0.0161. The first-order valence-electron chi connectivity index (χ1n) is 5.52. The van der Waals surface area contributed by atoms with E-state index in [9.17, 15) is 10.2 Å². The molecule has 0 bridgehead atoms. The predicted molar refractivity (Wildman–Crippen MR) is 64.9 cm³/mol. The monoisotopic (exact) mass is 256 g/mol. The molecule has 3 N–H and O–H groups in total. The van der Waals surface area contributed by atoms with Crippen LogP contribution in [0.15, 0.2) is 35.2 Å². The minimum Gasteiger partial charge on any atom is -0.394 e. The molecule has 1 aromatic rings. The van der Waals surface area contributed by atoms with E-state index < -0.39 is 24.4 Å². The molecule has 0 spiro atoms. The first-order chi connectivity index (χ1) is 8.22. The van der Waals surface area contributed by atoms with Crippen LogP contribution in [0.5, 0.6) is 0 Å². The van der Waals surface area contributed by atoms with Gasteiger partial charge in [-0.2, -0.15) is 0 Å². The Morgan fingerprint density at radius 2 is 1.71 bits per heavy atom. The van der Waals surface area contributed by atoms with E-state index in [2.05, 4.69) is 0 Å². The average molecular weight is 256 g/mol. The largest absolute Gasteiger partial charge is 0.394 e. The Balaban J connectivity index is 1.88. The van der Waals surface area contributed by atoms with E-state index in [0.717, 1.165) is 4.90 Å². The Morgan fingerprint density at radius 3 is 2.29 bits per heavy atom. The minimum atomic E-state index is -0.999. The van der Waals surface area contributed by atoms with Gasteiger partial charge in [0.15, 0.2) is 0 Å². The number of thioether (sulfide) groups is 1. The summed E-state index contributed by atoms with van der Waals surface area (Å²) in [6, 6.07) is 9.79. The lowest BCUT2D eigenvalue weighted by Gasteiger charge is -2.13. The van der Waals surface area contributed by atoms with Crippen LogP contribution in [0.25, 0.3) is 0 Å². The van der Waals surface area contributed by atoms with E-state index in [1.165, 1.54) is 0 Å². The normalized spacial score (nSPS) is 32.9. The topological polar surface area (TPSA) is 69.9 Å². The molecule has 0 aliphatic carbocycles. The molecule has 1 heterocycles. The summed E-state index contributed by atoms with van der Waals surface area (Å²) in [5.41, 5.74) is 0. The van der Waals surface area contributed by atoms with Crippen molar-refractivity contribution in [1.29, 1.82) is 0 Å². The molecular weight excluding hydrogens is 240 g/mol. The van der Waals surface area contributed by atoms with Gasteiger partial charge in [0.25, 0.3) is 0 Å². The molecule has 0 unspecified atom stereocenters. The smallest absolute Gasteiger partial charge is 0.111 e. The first-order valence-corrected chi connectivity index (χ1v) is 6.51. The maximum Gasteiger partial charge on any atom is 0.111 e. The Morgan fingerprint density at radius 1 is 1.06 bits per heavy atom. The van der Waals surface area contributed by atoms with Gasteiger partial charge in [-0.1, -0.05) is 18.2 Å². The fraction of sp³-hybridized carbons (Fsp3) is 0.500. The van der Waals surface area contributed by atoms with Gasteiger partial charge < -0.3 is 20.1 Å². The number of rotatable bonds is 4. The zero-order chi connectivity index (χ0) is 12.3. The molecule has 1 saturated heterocycles. The Labute approximate surface area is 104 Å². The fourth-order valence-corrected chi connectivity index (χ4v) is 2.79. The van der Waals surface area contributed by atoms with Crippen molar-refractivity contribution in [2.45, 2.75) is 29.3 Å². The summed E-state index contributed by atoms with van der Waals surface area (Å²) >= 11 is 1.56. The molecule has 1 aliphatic rings. The van der Waals surface area contributed by atoms with Crippen LogP contribution in [0.1, 0.15) is 0 Å². The molecule has 94 valence electrons. The molecule has 0 saturated carbocycles. The van der Waals surface area contributed by atoms with Crippen LogP contribution >= 0.6 is 11.8 Å². The van der Waals surface area contributed by atoms with E-state index in [0.29, 0.717) is 5.75 Å². The van der Waals surface area contributed by atoms with E-state index in [4.69, 9.17) is 9.84 Å². The highest BCUT2D eigenvalue weighted by atomic mass is 32.2. The second-order valence-corrected chi connectivity index (χ2v) is 5.09. The van der Waals surface area contributed by atoms with Gasteiger partial charge in [0.2, 0.25) is 0 Å². The molecule has 4 atom stereocenters. The van der Waals surface area contributed by atoms with Crippen molar-refractivity contribution < 1.29 is 20.1 Å². The van der Waals surface area contributed by atoms with Crippen LogP contribution in [0, 0.1) is 0 Å². The van der Waals surface area contributed by atoms with Crippen LogP contribution in [0.3, 0.4) is 0 Å². The van der Waals surface area contributed by atoms with Gasteiger partial charge in [0, 0.05) is 10.6 Å². The summed E-state index contributed by atoms with van der Waals surface area (Å²) in [5.74, 6) is 0.554. The summed E-state index contributed by atoms with van der Waals surface area (Å²) in [7, 11) is 0. The number of aliphatic hydroxyl groups excluding tert-OH is 3. The van der Waals surface area contributed by atoms with Crippen molar-refractivity contribution in [3.8, 4) is 0 Å². The van der Waals surface area contributed by atoms with Crippen molar-refractivity contribution in [1.82, 2.24) is 0 Å². The number of ether oxygens (including phenoxy) is 1.